The van der Waals surface area contributed by atoms with E-state index < -0.39 is 11.6 Å². The molecule has 0 radical (unpaired) electrons. The van der Waals surface area contributed by atoms with E-state index in [9.17, 15) is 8.78 Å². The molecule has 1 atom stereocenters. The Bertz CT molecular complexity index is 657. The molecule has 0 saturated carbocycles. The average molecular weight is 289 g/mol. The number of benzene rings is 2. The van der Waals surface area contributed by atoms with Crippen LogP contribution in [0.1, 0.15) is 35.6 Å². The van der Waals surface area contributed by atoms with Gasteiger partial charge in [0.05, 0.1) is 0 Å². The van der Waals surface area contributed by atoms with Crippen molar-refractivity contribution in [2.75, 3.05) is 0 Å². The molecular formula is C17H17F2NO. The van der Waals surface area contributed by atoms with Crippen LogP contribution in [0, 0.1) is 11.6 Å². The molecule has 0 fully saturated rings. The maximum Gasteiger partial charge on any atom is 0.159 e. The summed E-state index contributed by atoms with van der Waals surface area (Å²) in [7, 11) is 0. The number of nitrogens with two attached hydrogens (primary N) is 1. The van der Waals surface area contributed by atoms with E-state index in [0.717, 1.165) is 37.0 Å². The molecule has 0 heterocycles. The number of aryl methyl sites for hydroxylation is 1. The van der Waals surface area contributed by atoms with E-state index in [-0.39, 0.29) is 12.6 Å². The first kappa shape index (κ1) is 14.0. The van der Waals surface area contributed by atoms with E-state index in [1.54, 1.807) is 0 Å². The summed E-state index contributed by atoms with van der Waals surface area (Å²) in [6.07, 6.45) is 3.15. The standard InChI is InChI=1S/C17H17F2NO/c18-15-7-4-11(8-16(15)19)10-21-13-6-5-12-2-1-3-17(20)14(12)9-13/h4-9,17H,1-3,10,20H2/t17-/m1/s1. The van der Waals surface area contributed by atoms with Crippen molar-refractivity contribution in [3.63, 3.8) is 0 Å². The van der Waals surface area contributed by atoms with Crippen LogP contribution in [0.3, 0.4) is 0 Å². The minimum absolute atomic E-state index is 0.0561. The third-order valence-electron chi connectivity index (χ3n) is 3.87. The smallest absolute Gasteiger partial charge is 0.159 e. The lowest BCUT2D eigenvalue weighted by atomic mass is 9.88. The van der Waals surface area contributed by atoms with Crippen LogP contribution in [0.15, 0.2) is 36.4 Å². The number of hydrogen-bond acceptors (Lipinski definition) is 2. The number of rotatable bonds is 3. The Hall–Kier alpha value is -1.94. The van der Waals surface area contributed by atoms with Crippen molar-refractivity contribution in [2.45, 2.75) is 31.9 Å². The van der Waals surface area contributed by atoms with Gasteiger partial charge in [0.15, 0.2) is 11.6 Å². The minimum Gasteiger partial charge on any atom is -0.489 e. The van der Waals surface area contributed by atoms with Crippen molar-refractivity contribution in [3.8, 4) is 5.75 Å². The zero-order valence-electron chi connectivity index (χ0n) is 11.6. The lowest BCUT2D eigenvalue weighted by molar-refractivity contribution is 0.304. The molecule has 0 aliphatic heterocycles. The molecule has 0 saturated heterocycles. The molecule has 0 aromatic heterocycles. The van der Waals surface area contributed by atoms with Gasteiger partial charge in [-0.2, -0.15) is 0 Å². The molecule has 0 amide bonds. The second-order valence-electron chi connectivity index (χ2n) is 5.40. The molecule has 2 nitrogen and oxygen atoms in total. The Balaban J connectivity index is 1.73. The fourth-order valence-corrected chi connectivity index (χ4v) is 2.70. The van der Waals surface area contributed by atoms with Crippen molar-refractivity contribution < 1.29 is 13.5 Å². The highest BCUT2D eigenvalue weighted by Crippen LogP contribution is 2.31. The quantitative estimate of drug-likeness (QED) is 0.930. The molecule has 0 spiro atoms. The molecular weight excluding hydrogens is 272 g/mol. The predicted octanol–water partition coefficient (Wildman–Crippen LogP) is 3.88. The second-order valence-corrected chi connectivity index (χ2v) is 5.40. The molecule has 4 heteroatoms. The van der Waals surface area contributed by atoms with E-state index in [0.29, 0.717) is 11.3 Å². The predicted molar refractivity (Wildman–Crippen MR) is 77.0 cm³/mol. The Morgan fingerprint density at radius 3 is 2.76 bits per heavy atom. The summed E-state index contributed by atoms with van der Waals surface area (Å²) < 4.78 is 31.7. The van der Waals surface area contributed by atoms with E-state index in [2.05, 4.69) is 0 Å². The van der Waals surface area contributed by atoms with Crippen LogP contribution in [0.2, 0.25) is 0 Å². The van der Waals surface area contributed by atoms with Crippen molar-refractivity contribution in [1.82, 2.24) is 0 Å². The molecule has 0 bridgehead atoms. The lowest BCUT2D eigenvalue weighted by Crippen LogP contribution is -2.17. The van der Waals surface area contributed by atoms with Crippen LogP contribution < -0.4 is 10.5 Å². The molecule has 0 unspecified atom stereocenters. The Morgan fingerprint density at radius 2 is 1.95 bits per heavy atom. The average Bonchev–Trinajstić information content (AvgIpc) is 2.49. The molecule has 110 valence electrons. The third-order valence-corrected chi connectivity index (χ3v) is 3.87. The van der Waals surface area contributed by atoms with Crippen LogP contribution in [-0.2, 0) is 13.0 Å². The maximum absolute atomic E-state index is 13.1. The number of fused-ring (bicyclic) bond motifs is 1. The van der Waals surface area contributed by atoms with Gasteiger partial charge in [-0.15, -0.1) is 0 Å². The van der Waals surface area contributed by atoms with Crippen molar-refractivity contribution in [2.24, 2.45) is 5.73 Å². The molecule has 21 heavy (non-hydrogen) atoms. The Kier molecular flexibility index (Phi) is 3.88. The van der Waals surface area contributed by atoms with E-state index in [4.69, 9.17) is 10.5 Å². The van der Waals surface area contributed by atoms with Crippen LogP contribution in [0.4, 0.5) is 8.78 Å². The first-order chi connectivity index (χ1) is 10.1. The SMILES string of the molecule is N[C@@H]1CCCc2ccc(OCc3ccc(F)c(F)c3)cc21. The molecule has 2 aromatic rings. The number of ether oxygens (including phenoxy) is 1. The maximum atomic E-state index is 13.1. The molecule has 1 aliphatic rings. The van der Waals surface area contributed by atoms with Crippen LogP contribution in [0.5, 0.6) is 5.75 Å². The van der Waals surface area contributed by atoms with Crippen molar-refractivity contribution >= 4 is 0 Å². The fourth-order valence-electron chi connectivity index (χ4n) is 2.70. The van der Waals surface area contributed by atoms with Crippen molar-refractivity contribution in [3.05, 3.63) is 64.7 Å². The third kappa shape index (κ3) is 3.05. The van der Waals surface area contributed by atoms with Gasteiger partial charge in [0, 0.05) is 6.04 Å². The highest BCUT2D eigenvalue weighted by atomic mass is 19.2. The van der Waals surface area contributed by atoms with Gasteiger partial charge in [-0.1, -0.05) is 12.1 Å². The monoisotopic (exact) mass is 289 g/mol. The van der Waals surface area contributed by atoms with E-state index in [1.807, 2.05) is 18.2 Å². The molecule has 3 rings (SSSR count). The zero-order valence-corrected chi connectivity index (χ0v) is 11.6. The van der Waals surface area contributed by atoms with E-state index >= 15 is 0 Å². The summed E-state index contributed by atoms with van der Waals surface area (Å²) >= 11 is 0. The summed E-state index contributed by atoms with van der Waals surface area (Å²) in [4.78, 5) is 0. The van der Waals surface area contributed by atoms with Crippen molar-refractivity contribution in [1.29, 1.82) is 0 Å². The van der Waals surface area contributed by atoms with Gasteiger partial charge < -0.3 is 10.5 Å². The zero-order chi connectivity index (χ0) is 14.8. The van der Waals surface area contributed by atoms with Gasteiger partial charge in [-0.3, -0.25) is 0 Å². The van der Waals surface area contributed by atoms with Gasteiger partial charge in [0.2, 0.25) is 0 Å². The Morgan fingerprint density at radius 1 is 1.10 bits per heavy atom. The molecule has 2 aromatic carbocycles. The summed E-state index contributed by atoms with van der Waals surface area (Å²) in [5.74, 6) is -1.00. The first-order valence-corrected chi connectivity index (χ1v) is 7.08. The normalized spacial score (nSPS) is 17.4. The van der Waals surface area contributed by atoms with Crippen LogP contribution in [0.25, 0.3) is 0 Å². The summed E-state index contributed by atoms with van der Waals surface area (Å²) in [6.45, 7) is 0.200. The topological polar surface area (TPSA) is 35.2 Å². The minimum atomic E-state index is -0.858. The lowest BCUT2D eigenvalue weighted by Gasteiger charge is -2.22. The van der Waals surface area contributed by atoms with Gasteiger partial charge in [0.25, 0.3) is 0 Å². The highest BCUT2D eigenvalue weighted by molar-refractivity contribution is 5.39. The highest BCUT2D eigenvalue weighted by Gasteiger charge is 2.17. The Labute approximate surface area is 122 Å². The molecule has 1 aliphatic carbocycles. The second kappa shape index (κ2) is 5.82. The fraction of sp³-hybridized carbons (Fsp3) is 0.294. The molecule has 2 N–H and O–H groups in total. The van der Waals surface area contributed by atoms with Gasteiger partial charge in [-0.05, 0) is 60.2 Å². The van der Waals surface area contributed by atoms with Gasteiger partial charge in [-0.25, -0.2) is 8.78 Å². The number of halogens is 2. The summed E-state index contributed by atoms with van der Waals surface area (Å²) in [5.41, 5.74) is 9.11. The first-order valence-electron chi connectivity index (χ1n) is 7.08. The summed E-state index contributed by atoms with van der Waals surface area (Å²) in [6, 6.07) is 9.73. The number of hydrogen-bond donors (Lipinski definition) is 1. The van der Waals surface area contributed by atoms with E-state index in [1.165, 1.54) is 11.6 Å². The van der Waals surface area contributed by atoms with Gasteiger partial charge >= 0.3 is 0 Å². The van der Waals surface area contributed by atoms with Crippen LogP contribution in [-0.4, -0.2) is 0 Å². The van der Waals surface area contributed by atoms with Gasteiger partial charge in [0.1, 0.15) is 12.4 Å². The van der Waals surface area contributed by atoms with Crippen LogP contribution >= 0.6 is 0 Å². The summed E-state index contributed by atoms with van der Waals surface area (Å²) in [5, 5.41) is 0. The largest absolute Gasteiger partial charge is 0.489 e.